The van der Waals surface area contributed by atoms with E-state index >= 15 is 0 Å². The summed E-state index contributed by atoms with van der Waals surface area (Å²) in [4.78, 5) is 29.4. The lowest BCUT2D eigenvalue weighted by Gasteiger charge is -2.20. The van der Waals surface area contributed by atoms with Crippen LogP contribution in [-0.4, -0.2) is 29.9 Å². The zero-order chi connectivity index (χ0) is 19.8. The summed E-state index contributed by atoms with van der Waals surface area (Å²) in [5.74, 6) is 0.343. The fraction of sp³-hybridized carbons (Fsp3) is 0.381. The van der Waals surface area contributed by atoms with Gasteiger partial charge in [-0.15, -0.1) is 0 Å². The van der Waals surface area contributed by atoms with Crippen molar-refractivity contribution < 1.29 is 14.3 Å². The molecule has 1 aromatic heterocycles. The van der Waals surface area contributed by atoms with Gasteiger partial charge in [0, 0.05) is 24.4 Å². The van der Waals surface area contributed by atoms with Crippen molar-refractivity contribution in [1.29, 1.82) is 0 Å². The summed E-state index contributed by atoms with van der Waals surface area (Å²) in [6.45, 7) is 6.26. The van der Waals surface area contributed by atoms with Gasteiger partial charge in [0.1, 0.15) is 6.04 Å². The van der Waals surface area contributed by atoms with Crippen LogP contribution >= 0.6 is 0 Å². The Kier molecular flexibility index (Phi) is 7.34. The first-order chi connectivity index (χ1) is 12.9. The van der Waals surface area contributed by atoms with Crippen molar-refractivity contribution in [3.63, 3.8) is 0 Å². The van der Waals surface area contributed by atoms with Crippen molar-refractivity contribution in [3.05, 3.63) is 59.3 Å². The third-order valence-electron chi connectivity index (χ3n) is 4.19. The second kappa shape index (κ2) is 9.71. The highest BCUT2D eigenvalue weighted by atomic mass is 16.5. The maximum absolute atomic E-state index is 12.7. The molecule has 2 rings (SSSR count). The molecular formula is C21H27N3O3. The van der Waals surface area contributed by atoms with Crippen molar-refractivity contribution in [1.82, 2.24) is 15.6 Å². The Morgan fingerprint density at radius 1 is 1.15 bits per heavy atom. The molecule has 6 heteroatoms. The van der Waals surface area contributed by atoms with Crippen LogP contribution in [0.5, 0.6) is 5.88 Å². The van der Waals surface area contributed by atoms with E-state index in [0.29, 0.717) is 24.4 Å². The lowest BCUT2D eigenvalue weighted by atomic mass is 10.0. The highest BCUT2D eigenvalue weighted by Gasteiger charge is 2.23. The molecule has 1 atom stereocenters. The summed E-state index contributed by atoms with van der Waals surface area (Å²) in [7, 11) is 1.55. The SMILES string of the molecule is COc1ccc(CNC(=O)[C@@H](CC(C)C)NC(=O)c2ccccc2C)cn1. The van der Waals surface area contributed by atoms with E-state index in [9.17, 15) is 9.59 Å². The fourth-order valence-corrected chi connectivity index (χ4v) is 2.72. The molecule has 27 heavy (non-hydrogen) atoms. The van der Waals surface area contributed by atoms with Crippen molar-refractivity contribution in [2.24, 2.45) is 5.92 Å². The van der Waals surface area contributed by atoms with Crippen LogP contribution in [0.1, 0.15) is 41.8 Å². The third-order valence-corrected chi connectivity index (χ3v) is 4.19. The Hall–Kier alpha value is -2.89. The van der Waals surface area contributed by atoms with Gasteiger partial charge in [0.2, 0.25) is 11.8 Å². The van der Waals surface area contributed by atoms with Crippen LogP contribution in [0.3, 0.4) is 0 Å². The minimum atomic E-state index is -0.594. The number of methoxy groups -OCH3 is 1. The number of aromatic nitrogens is 1. The zero-order valence-corrected chi connectivity index (χ0v) is 16.3. The van der Waals surface area contributed by atoms with Crippen LogP contribution in [0.15, 0.2) is 42.6 Å². The largest absolute Gasteiger partial charge is 0.481 e. The van der Waals surface area contributed by atoms with Gasteiger partial charge < -0.3 is 15.4 Å². The van der Waals surface area contributed by atoms with Crippen LogP contribution in [0.25, 0.3) is 0 Å². The van der Waals surface area contributed by atoms with E-state index in [4.69, 9.17) is 4.74 Å². The summed E-state index contributed by atoms with van der Waals surface area (Å²) in [6, 6.07) is 10.3. The Balaban J connectivity index is 2.02. The first kappa shape index (κ1) is 20.4. The minimum Gasteiger partial charge on any atom is -0.481 e. The van der Waals surface area contributed by atoms with Gasteiger partial charge in [-0.2, -0.15) is 0 Å². The number of carbonyl (C=O) groups excluding carboxylic acids is 2. The molecule has 0 saturated carbocycles. The molecule has 0 radical (unpaired) electrons. The fourth-order valence-electron chi connectivity index (χ4n) is 2.72. The lowest BCUT2D eigenvalue weighted by molar-refractivity contribution is -0.123. The monoisotopic (exact) mass is 369 g/mol. The normalized spacial score (nSPS) is 11.7. The first-order valence-electron chi connectivity index (χ1n) is 9.03. The van der Waals surface area contributed by atoms with Gasteiger partial charge in [-0.25, -0.2) is 4.98 Å². The molecule has 0 saturated heterocycles. The van der Waals surface area contributed by atoms with Crippen molar-refractivity contribution >= 4 is 11.8 Å². The van der Waals surface area contributed by atoms with Crippen LogP contribution in [0.4, 0.5) is 0 Å². The smallest absolute Gasteiger partial charge is 0.252 e. The Morgan fingerprint density at radius 3 is 2.48 bits per heavy atom. The summed E-state index contributed by atoms with van der Waals surface area (Å²) in [5.41, 5.74) is 2.32. The second-order valence-electron chi connectivity index (χ2n) is 6.90. The maximum atomic E-state index is 12.7. The topological polar surface area (TPSA) is 80.3 Å². The van der Waals surface area contributed by atoms with Gasteiger partial charge in [-0.3, -0.25) is 9.59 Å². The second-order valence-corrected chi connectivity index (χ2v) is 6.90. The van der Waals surface area contributed by atoms with Crippen LogP contribution in [0, 0.1) is 12.8 Å². The number of rotatable bonds is 8. The highest BCUT2D eigenvalue weighted by molar-refractivity contribution is 5.98. The van der Waals surface area contributed by atoms with Crippen LogP contribution in [-0.2, 0) is 11.3 Å². The number of hydrogen-bond donors (Lipinski definition) is 2. The van der Waals surface area contributed by atoms with Gasteiger partial charge in [0.15, 0.2) is 0 Å². The molecule has 0 spiro atoms. The average molecular weight is 369 g/mol. The number of ether oxygens (including phenoxy) is 1. The number of hydrogen-bond acceptors (Lipinski definition) is 4. The maximum Gasteiger partial charge on any atom is 0.252 e. The Morgan fingerprint density at radius 2 is 1.89 bits per heavy atom. The predicted molar refractivity (Wildman–Crippen MR) is 105 cm³/mol. The Bertz CT molecular complexity index is 772. The molecule has 0 aliphatic rings. The zero-order valence-electron chi connectivity index (χ0n) is 16.3. The van der Waals surface area contributed by atoms with Crippen molar-refractivity contribution in [3.8, 4) is 5.88 Å². The highest BCUT2D eigenvalue weighted by Crippen LogP contribution is 2.11. The van der Waals surface area contributed by atoms with Gasteiger partial charge in [-0.1, -0.05) is 38.1 Å². The van der Waals surface area contributed by atoms with Gasteiger partial charge >= 0.3 is 0 Å². The van der Waals surface area contributed by atoms with Crippen LogP contribution in [0.2, 0.25) is 0 Å². The van der Waals surface area contributed by atoms with Gasteiger partial charge in [0.25, 0.3) is 5.91 Å². The van der Waals surface area contributed by atoms with E-state index in [1.165, 1.54) is 0 Å². The predicted octanol–water partition coefficient (Wildman–Crippen LogP) is 2.86. The molecule has 1 heterocycles. The number of nitrogens with zero attached hydrogens (tertiary/aromatic N) is 1. The number of aryl methyl sites for hydroxylation is 1. The summed E-state index contributed by atoms with van der Waals surface area (Å²) >= 11 is 0. The summed E-state index contributed by atoms with van der Waals surface area (Å²) < 4.78 is 5.03. The third kappa shape index (κ3) is 6.09. The van der Waals surface area contributed by atoms with Gasteiger partial charge in [0.05, 0.1) is 7.11 Å². The molecule has 2 aromatic rings. The molecule has 0 aliphatic heterocycles. The van der Waals surface area contributed by atoms with E-state index in [1.54, 1.807) is 25.4 Å². The molecule has 0 unspecified atom stereocenters. The molecule has 1 aromatic carbocycles. The number of benzene rings is 1. The molecule has 6 nitrogen and oxygen atoms in total. The van der Waals surface area contributed by atoms with Crippen molar-refractivity contribution in [2.45, 2.75) is 39.8 Å². The first-order valence-corrected chi connectivity index (χ1v) is 9.03. The standard InChI is InChI=1S/C21H27N3O3/c1-14(2)11-18(24-20(25)17-8-6-5-7-15(17)3)21(26)23-13-16-9-10-19(27-4)22-12-16/h5-10,12,14,18H,11,13H2,1-4H3,(H,23,26)(H,24,25)/t18-/m1/s1. The molecule has 0 bridgehead atoms. The van der Waals surface area contributed by atoms with Crippen LogP contribution < -0.4 is 15.4 Å². The average Bonchev–Trinajstić information content (AvgIpc) is 2.65. The van der Waals surface area contributed by atoms with E-state index in [2.05, 4.69) is 15.6 Å². The molecule has 2 amide bonds. The number of pyridine rings is 1. The number of carbonyl (C=O) groups is 2. The molecule has 2 N–H and O–H groups in total. The lowest BCUT2D eigenvalue weighted by Crippen LogP contribution is -2.47. The summed E-state index contributed by atoms with van der Waals surface area (Å²) in [5, 5.41) is 5.75. The van der Waals surface area contributed by atoms with E-state index in [-0.39, 0.29) is 17.7 Å². The molecular weight excluding hydrogens is 342 g/mol. The Labute approximate surface area is 160 Å². The van der Waals surface area contributed by atoms with Gasteiger partial charge in [-0.05, 0) is 36.5 Å². The number of amides is 2. The van der Waals surface area contributed by atoms with E-state index in [1.807, 2.05) is 45.0 Å². The van der Waals surface area contributed by atoms with E-state index in [0.717, 1.165) is 11.1 Å². The molecule has 0 aliphatic carbocycles. The molecule has 144 valence electrons. The number of nitrogens with one attached hydrogen (secondary N) is 2. The molecule has 0 fully saturated rings. The van der Waals surface area contributed by atoms with E-state index < -0.39 is 6.04 Å². The quantitative estimate of drug-likeness (QED) is 0.750. The van der Waals surface area contributed by atoms with Crippen molar-refractivity contribution in [2.75, 3.05) is 7.11 Å². The summed E-state index contributed by atoms with van der Waals surface area (Å²) in [6.07, 6.45) is 2.22. The minimum absolute atomic E-state index is 0.207.